The van der Waals surface area contributed by atoms with Crippen molar-refractivity contribution in [1.29, 1.82) is 0 Å². The van der Waals surface area contributed by atoms with Gasteiger partial charge in [-0.25, -0.2) is 9.97 Å². The molecule has 1 fully saturated rings. The minimum atomic E-state index is 0.671. The molecule has 1 aromatic carbocycles. The first kappa shape index (κ1) is 20.6. The van der Waals surface area contributed by atoms with Crippen molar-refractivity contribution < 1.29 is 4.74 Å². The van der Waals surface area contributed by atoms with E-state index in [9.17, 15) is 0 Å². The third kappa shape index (κ3) is 4.57. The lowest BCUT2D eigenvalue weighted by atomic mass is 10.1. The fourth-order valence-corrected chi connectivity index (χ4v) is 4.31. The number of nitrogens with one attached hydrogen (secondary N) is 1. The van der Waals surface area contributed by atoms with E-state index in [0.717, 1.165) is 70.9 Å². The Balaban J connectivity index is 1.46. The van der Waals surface area contributed by atoms with Crippen molar-refractivity contribution in [2.45, 2.75) is 20.8 Å². The van der Waals surface area contributed by atoms with Gasteiger partial charge >= 0.3 is 0 Å². The van der Waals surface area contributed by atoms with E-state index in [4.69, 9.17) is 9.72 Å². The Kier molecular flexibility index (Phi) is 6.20. The molecule has 0 bridgehead atoms. The number of benzene rings is 1. The SMILES string of the molecule is CCOc1cc(C)c(Nc2nc(-c3ccc(N4CCN(C)CC4)nc3)cs2)cc1C. The number of pyridine rings is 1. The van der Waals surface area contributed by atoms with Gasteiger partial charge in [-0.1, -0.05) is 0 Å². The van der Waals surface area contributed by atoms with Gasteiger partial charge in [0.2, 0.25) is 0 Å². The van der Waals surface area contributed by atoms with Gasteiger partial charge in [0.15, 0.2) is 5.13 Å². The Labute approximate surface area is 182 Å². The van der Waals surface area contributed by atoms with Crippen LogP contribution >= 0.6 is 11.3 Å². The van der Waals surface area contributed by atoms with Gasteiger partial charge in [0.1, 0.15) is 11.6 Å². The molecule has 2 aromatic heterocycles. The topological polar surface area (TPSA) is 53.5 Å². The second-order valence-corrected chi connectivity index (χ2v) is 8.58. The normalized spacial score (nSPS) is 14.7. The van der Waals surface area contributed by atoms with Gasteiger partial charge in [-0.2, -0.15) is 0 Å². The van der Waals surface area contributed by atoms with Gasteiger partial charge in [0.25, 0.3) is 0 Å². The average molecular weight is 424 g/mol. The van der Waals surface area contributed by atoms with E-state index in [2.05, 4.69) is 70.6 Å². The number of nitrogens with zero attached hydrogens (tertiary/aromatic N) is 4. The van der Waals surface area contributed by atoms with Gasteiger partial charge in [-0.15, -0.1) is 11.3 Å². The molecule has 0 atom stereocenters. The van der Waals surface area contributed by atoms with Gasteiger partial charge in [-0.05, 0) is 63.2 Å². The first-order chi connectivity index (χ1) is 14.5. The summed E-state index contributed by atoms with van der Waals surface area (Å²) in [6.07, 6.45) is 1.93. The molecular formula is C23H29N5OS. The van der Waals surface area contributed by atoms with Crippen molar-refractivity contribution in [1.82, 2.24) is 14.9 Å². The summed E-state index contributed by atoms with van der Waals surface area (Å²) in [4.78, 5) is 14.2. The molecule has 30 heavy (non-hydrogen) atoms. The second-order valence-electron chi connectivity index (χ2n) is 7.72. The van der Waals surface area contributed by atoms with E-state index < -0.39 is 0 Å². The summed E-state index contributed by atoms with van der Waals surface area (Å²) in [5, 5.41) is 6.41. The molecule has 0 unspecified atom stereocenters. The summed E-state index contributed by atoms with van der Waals surface area (Å²) >= 11 is 1.60. The van der Waals surface area contributed by atoms with Gasteiger partial charge < -0.3 is 19.9 Å². The lowest BCUT2D eigenvalue weighted by molar-refractivity contribution is 0.312. The molecule has 1 aliphatic heterocycles. The molecule has 0 spiro atoms. The van der Waals surface area contributed by atoms with Crippen LogP contribution in [0, 0.1) is 13.8 Å². The molecular weight excluding hydrogens is 394 g/mol. The number of hydrogen-bond donors (Lipinski definition) is 1. The van der Waals surface area contributed by atoms with Crippen LogP contribution in [0.3, 0.4) is 0 Å². The molecule has 3 heterocycles. The molecule has 1 aliphatic rings. The fourth-order valence-electron chi connectivity index (χ4n) is 3.57. The number of aromatic nitrogens is 2. The number of ether oxygens (including phenoxy) is 1. The Morgan fingerprint density at radius 2 is 1.90 bits per heavy atom. The van der Waals surface area contributed by atoms with Gasteiger partial charge in [-0.3, -0.25) is 0 Å². The molecule has 6 nitrogen and oxygen atoms in total. The Morgan fingerprint density at radius 3 is 2.60 bits per heavy atom. The smallest absolute Gasteiger partial charge is 0.187 e. The van der Waals surface area contributed by atoms with E-state index >= 15 is 0 Å². The largest absolute Gasteiger partial charge is 0.494 e. The molecule has 0 aliphatic carbocycles. The summed E-state index contributed by atoms with van der Waals surface area (Å²) in [6, 6.07) is 8.42. The maximum Gasteiger partial charge on any atom is 0.187 e. The van der Waals surface area contributed by atoms with Crippen molar-refractivity contribution in [3.63, 3.8) is 0 Å². The molecule has 7 heteroatoms. The zero-order valence-corrected chi connectivity index (χ0v) is 18.9. The van der Waals surface area contributed by atoms with Gasteiger partial charge in [0.05, 0.1) is 12.3 Å². The number of piperazine rings is 1. The fraction of sp³-hybridized carbons (Fsp3) is 0.391. The van der Waals surface area contributed by atoms with Crippen molar-refractivity contribution in [3.8, 4) is 17.0 Å². The van der Waals surface area contributed by atoms with Crippen LogP contribution in [0.15, 0.2) is 35.8 Å². The van der Waals surface area contributed by atoms with Crippen LogP contribution in [0.5, 0.6) is 5.75 Å². The minimum Gasteiger partial charge on any atom is -0.494 e. The number of likely N-dealkylation sites (N-methyl/N-ethyl adjacent to an activating group) is 1. The summed E-state index contributed by atoms with van der Waals surface area (Å²) in [5.41, 5.74) is 5.29. The van der Waals surface area contributed by atoms with Crippen molar-refractivity contribution >= 4 is 28.0 Å². The van der Waals surface area contributed by atoms with Gasteiger partial charge in [0, 0.05) is 49.0 Å². The molecule has 3 aromatic rings. The second kappa shape index (κ2) is 9.02. The van der Waals surface area contributed by atoms with Crippen LogP contribution in [0.1, 0.15) is 18.1 Å². The van der Waals surface area contributed by atoms with Crippen LogP contribution in [-0.2, 0) is 0 Å². The molecule has 0 saturated carbocycles. The monoisotopic (exact) mass is 423 g/mol. The highest BCUT2D eigenvalue weighted by molar-refractivity contribution is 7.14. The van der Waals surface area contributed by atoms with Crippen molar-refractivity contribution in [2.75, 3.05) is 50.1 Å². The Morgan fingerprint density at radius 1 is 1.10 bits per heavy atom. The van der Waals surface area contributed by atoms with E-state index in [1.165, 1.54) is 0 Å². The number of hydrogen-bond acceptors (Lipinski definition) is 7. The Hall–Kier alpha value is -2.64. The predicted octanol–water partition coefficient (Wildman–Crippen LogP) is 4.72. The molecule has 0 amide bonds. The average Bonchev–Trinajstić information content (AvgIpc) is 3.21. The van der Waals surface area contributed by atoms with E-state index in [1.807, 2.05) is 13.1 Å². The third-order valence-electron chi connectivity index (χ3n) is 5.44. The number of rotatable bonds is 6. The lowest BCUT2D eigenvalue weighted by Gasteiger charge is -2.33. The zero-order valence-electron chi connectivity index (χ0n) is 18.1. The highest BCUT2D eigenvalue weighted by Crippen LogP contribution is 2.31. The number of aryl methyl sites for hydroxylation is 2. The molecule has 158 valence electrons. The van der Waals surface area contributed by atoms with E-state index in [-0.39, 0.29) is 0 Å². The molecule has 1 N–H and O–H groups in total. The maximum atomic E-state index is 5.69. The van der Waals surface area contributed by atoms with Crippen LogP contribution < -0.4 is 15.0 Å². The zero-order chi connectivity index (χ0) is 21.1. The minimum absolute atomic E-state index is 0.671. The predicted molar refractivity (Wildman–Crippen MR) is 125 cm³/mol. The van der Waals surface area contributed by atoms with Crippen LogP contribution in [0.25, 0.3) is 11.3 Å². The molecule has 0 radical (unpaired) electrons. The maximum absolute atomic E-state index is 5.69. The lowest BCUT2D eigenvalue weighted by Crippen LogP contribution is -2.44. The highest BCUT2D eigenvalue weighted by atomic mass is 32.1. The standard InChI is InChI=1S/C23H29N5OS/c1-5-29-21-13-16(2)19(12-17(21)3)25-23-26-20(15-30-23)18-6-7-22(24-14-18)28-10-8-27(4)9-11-28/h6-7,12-15H,5,8-11H2,1-4H3,(H,25,26). The summed E-state index contributed by atoms with van der Waals surface area (Å²) in [6.45, 7) is 11.0. The van der Waals surface area contributed by atoms with Crippen molar-refractivity contribution in [2.24, 2.45) is 0 Å². The van der Waals surface area contributed by atoms with Crippen LogP contribution in [-0.4, -0.2) is 54.7 Å². The Bertz CT molecular complexity index is 993. The van der Waals surface area contributed by atoms with E-state index in [0.29, 0.717) is 6.61 Å². The number of anilines is 3. The highest BCUT2D eigenvalue weighted by Gasteiger charge is 2.15. The summed E-state index contributed by atoms with van der Waals surface area (Å²) in [7, 11) is 2.16. The first-order valence-electron chi connectivity index (χ1n) is 10.4. The molecule has 1 saturated heterocycles. The third-order valence-corrected chi connectivity index (χ3v) is 6.20. The van der Waals surface area contributed by atoms with Crippen molar-refractivity contribution in [3.05, 3.63) is 47.0 Å². The quantitative estimate of drug-likeness (QED) is 0.619. The molecule has 4 rings (SSSR count). The van der Waals surface area contributed by atoms with E-state index in [1.54, 1.807) is 11.3 Å². The first-order valence-corrected chi connectivity index (χ1v) is 11.3. The summed E-state index contributed by atoms with van der Waals surface area (Å²) < 4.78 is 5.69. The number of thiazole rings is 1. The summed E-state index contributed by atoms with van der Waals surface area (Å²) in [5.74, 6) is 1.98. The van der Waals surface area contributed by atoms with Crippen LogP contribution in [0.4, 0.5) is 16.6 Å². The van der Waals surface area contributed by atoms with Crippen LogP contribution in [0.2, 0.25) is 0 Å².